The van der Waals surface area contributed by atoms with E-state index in [0.717, 1.165) is 18.4 Å². The van der Waals surface area contributed by atoms with Crippen LogP contribution in [0.3, 0.4) is 0 Å². The van der Waals surface area contributed by atoms with Crippen molar-refractivity contribution in [3.8, 4) is 0 Å². The first-order chi connectivity index (χ1) is 9.55. The van der Waals surface area contributed by atoms with Crippen LogP contribution >= 0.6 is 0 Å². The lowest BCUT2D eigenvalue weighted by Gasteiger charge is -2.48. The number of carboxylic acid groups (broad SMARTS) is 1. The number of nitrogens with zero attached hydrogens (tertiary/aromatic N) is 1. The molecule has 0 radical (unpaired) electrons. The molecule has 0 aromatic heterocycles. The highest BCUT2D eigenvalue weighted by atomic mass is 16.4. The molecule has 0 unspecified atom stereocenters. The summed E-state index contributed by atoms with van der Waals surface area (Å²) in [5.74, 6) is -0.869. The number of fused-ring (bicyclic) bond motifs is 2. The van der Waals surface area contributed by atoms with Crippen molar-refractivity contribution in [1.29, 1.82) is 0 Å². The fourth-order valence-corrected chi connectivity index (χ4v) is 4.14. The standard InChI is InChI=1S/C16H21NO3/c1-17-12-7-8-13(17)16(15(19)20,14(18)9-12)10-11-5-3-2-4-6-11/h2-6,12-14,18H,7-10H2,1H3,(H,19,20)/t12-,13+,14-,16+/m0/s1. The Hall–Kier alpha value is -1.39. The van der Waals surface area contributed by atoms with Crippen molar-refractivity contribution in [2.24, 2.45) is 5.41 Å². The summed E-state index contributed by atoms with van der Waals surface area (Å²) >= 11 is 0. The molecule has 2 N–H and O–H groups in total. The van der Waals surface area contributed by atoms with E-state index in [9.17, 15) is 15.0 Å². The highest BCUT2D eigenvalue weighted by Crippen LogP contribution is 2.48. The highest BCUT2D eigenvalue weighted by molar-refractivity contribution is 5.77. The van der Waals surface area contributed by atoms with Gasteiger partial charge in [0, 0.05) is 12.1 Å². The molecule has 0 spiro atoms. The predicted molar refractivity (Wildman–Crippen MR) is 75.4 cm³/mol. The third-order valence-electron chi connectivity index (χ3n) is 5.26. The zero-order valence-corrected chi connectivity index (χ0v) is 11.7. The van der Waals surface area contributed by atoms with E-state index >= 15 is 0 Å². The van der Waals surface area contributed by atoms with Gasteiger partial charge in [0.1, 0.15) is 5.41 Å². The van der Waals surface area contributed by atoms with Crippen molar-refractivity contribution in [3.05, 3.63) is 35.9 Å². The van der Waals surface area contributed by atoms with Gasteiger partial charge in [-0.1, -0.05) is 30.3 Å². The minimum Gasteiger partial charge on any atom is -0.481 e. The third kappa shape index (κ3) is 1.86. The van der Waals surface area contributed by atoms with Crippen molar-refractivity contribution >= 4 is 5.97 Å². The van der Waals surface area contributed by atoms with E-state index in [0.29, 0.717) is 18.9 Å². The Morgan fingerprint density at radius 1 is 1.35 bits per heavy atom. The smallest absolute Gasteiger partial charge is 0.314 e. The lowest BCUT2D eigenvalue weighted by atomic mass is 9.68. The van der Waals surface area contributed by atoms with Crippen molar-refractivity contribution < 1.29 is 15.0 Å². The number of piperidine rings is 1. The van der Waals surface area contributed by atoms with Crippen LogP contribution in [-0.2, 0) is 11.2 Å². The summed E-state index contributed by atoms with van der Waals surface area (Å²) in [4.78, 5) is 14.2. The van der Waals surface area contributed by atoms with Crippen molar-refractivity contribution in [2.75, 3.05) is 7.05 Å². The van der Waals surface area contributed by atoms with Gasteiger partial charge in [0.05, 0.1) is 6.10 Å². The lowest BCUT2D eigenvalue weighted by molar-refractivity contribution is -0.169. The summed E-state index contributed by atoms with van der Waals surface area (Å²) in [6.45, 7) is 0. The number of benzene rings is 1. The zero-order chi connectivity index (χ0) is 14.3. The highest BCUT2D eigenvalue weighted by Gasteiger charge is 2.59. The molecule has 4 heteroatoms. The van der Waals surface area contributed by atoms with E-state index in [1.54, 1.807) is 0 Å². The molecule has 2 aliphatic rings. The molecule has 1 aromatic carbocycles. The van der Waals surface area contributed by atoms with Crippen LogP contribution in [0.4, 0.5) is 0 Å². The molecule has 4 nitrogen and oxygen atoms in total. The molecule has 2 bridgehead atoms. The van der Waals surface area contributed by atoms with Crippen molar-refractivity contribution in [1.82, 2.24) is 4.90 Å². The molecule has 0 saturated carbocycles. The Balaban J connectivity index is 2.00. The topological polar surface area (TPSA) is 60.8 Å². The van der Waals surface area contributed by atoms with E-state index < -0.39 is 17.5 Å². The van der Waals surface area contributed by atoms with Crippen LogP contribution in [0.25, 0.3) is 0 Å². The molecule has 4 atom stereocenters. The Morgan fingerprint density at radius 3 is 2.70 bits per heavy atom. The van der Waals surface area contributed by atoms with Gasteiger partial charge in [-0.15, -0.1) is 0 Å². The number of aliphatic carboxylic acids is 1. The van der Waals surface area contributed by atoms with Gasteiger partial charge in [-0.2, -0.15) is 0 Å². The summed E-state index contributed by atoms with van der Waals surface area (Å²) in [7, 11) is 2.00. The van der Waals surface area contributed by atoms with Gasteiger partial charge >= 0.3 is 5.97 Å². The number of carboxylic acids is 1. The first-order valence-corrected chi connectivity index (χ1v) is 7.23. The van der Waals surface area contributed by atoms with Crippen molar-refractivity contribution in [3.63, 3.8) is 0 Å². The number of aliphatic hydroxyl groups is 1. The van der Waals surface area contributed by atoms with E-state index in [2.05, 4.69) is 4.90 Å². The van der Waals surface area contributed by atoms with Crippen LogP contribution in [-0.4, -0.2) is 46.3 Å². The lowest BCUT2D eigenvalue weighted by Crippen LogP contribution is -2.61. The molecule has 0 amide bonds. The molecule has 2 saturated heterocycles. The van der Waals surface area contributed by atoms with E-state index in [-0.39, 0.29) is 6.04 Å². The van der Waals surface area contributed by atoms with Gasteiger partial charge in [-0.3, -0.25) is 9.69 Å². The van der Waals surface area contributed by atoms with Crippen LogP contribution < -0.4 is 0 Å². The summed E-state index contributed by atoms with van der Waals surface area (Å²) in [5, 5.41) is 20.4. The molecule has 20 heavy (non-hydrogen) atoms. The second-order valence-corrected chi connectivity index (χ2v) is 6.17. The molecular weight excluding hydrogens is 254 g/mol. The number of rotatable bonds is 3. The average molecular weight is 275 g/mol. The first kappa shape index (κ1) is 13.6. The van der Waals surface area contributed by atoms with Gasteiger partial charge in [0.25, 0.3) is 0 Å². The minimum absolute atomic E-state index is 0.0750. The molecule has 2 aliphatic heterocycles. The maximum absolute atomic E-state index is 12.0. The van der Waals surface area contributed by atoms with Crippen LogP contribution in [0.5, 0.6) is 0 Å². The van der Waals surface area contributed by atoms with Gasteiger partial charge < -0.3 is 10.2 Å². The molecule has 108 valence electrons. The fourth-order valence-electron chi connectivity index (χ4n) is 4.14. The molecular formula is C16H21NO3. The predicted octanol–water partition coefficient (Wildman–Crippen LogP) is 1.53. The Kier molecular flexibility index (Phi) is 3.30. The van der Waals surface area contributed by atoms with Crippen LogP contribution in [0.1, 0.15) is 24.8 Å². The Bertz CT molecular complexity index is 504. The summed E-state index contributed by atoms with van der Waals surface area (Å²) in [5.41, 5.74) is -0.101. The minimum atomic E-state index is -1.08. The number of carbonyl (C=O) groups is 1. The van der Waals surface area contributed by atoms with E-state index in [1.807, 2.05) is 37.4 Å². The third-order valence-corrected chi connectivity index (χ3v) is 5.26. The first-order valence-electron chi connectivity index (χ1n) is 7.23. The Labute approximate surface area is 119 Å². The normalized spacial score (nSPS) is 37.0. The monoisotopic (exact) mass is 275 g/mol. The van der Waals surface area contributed by atoms with Gasteiger partial charge in [0.15, 0.2) is 0 Å². The molecule has 3 rings (SSSR count). The largest absolute Gasteiger partial charge is 0.481 e. The van der Waals surface area contributed by atoms with Crippen molar-refractivity contribution in [2.45, 2.75) is 43.9 Å². The Morgan fingerprint density at radius 2 is 2.05 bits per heavy atom. The SMILES string of the molecule is CN1[C@H]2CC[C@@H]1[C@@](Cc1ccccc1)(C(=O)O)[C@@H](O)C2. The van der Waals surface area contributed by atoms with E-state index in [1.165, 1.54) is 0 Å². The number of aliphatic hydroxyl groups excluding tert-OH is 1. The second kappa shape index (κ2) is 4.86. The van der Waals surface area contributed by atoms with Crippen LogP contribution in [0.15, 0.2) is 30.3 Å². The zero-order valence-electron chi connectivity index (χ0n) is 11.7. The fraction of sp³-hybridized carbons (Fsp3) is 0.562. The molecule has 2 heterocycles. The second-order valence-electron chi connectivity index (χ2n) is 6.17. The number of hydrogen-bond acceptors (Lipinski definition) is 3. The maximum atomic E-state index is 12.0. The molecule has 0 aliphatic carbocycles. The van der Waals surface area contributed by atoms with Crippen LogP contribution in [0, 0.1) is 5.41 Å². The number of hydrogen-bond donors (Lipinski definition) is 2. The van der Waals surface area contributed by atoms with E-state index in [4.69, 9.17) is 0 Å². The van der Waals surface area contributed by atoms with Gasteiger partial charge in [0.2, 0.25) is 0 Å². The summed E-state index contributed by atoms with van der Waals surface area (Å²) < 4.78 is 0. The molecule has 1 aromatic rings. The van der Waals surface area contributed by atoms with Crippen LogP contribution in [0.2, 0.25) is 0 Å². The summed E-state index contributed by atoms with van der Waals surface area (Å²) in [6.07, 6.45) is 2.03. The van der Waals surface area contributed by atoms with Gasteiger partial charge in [-0.25, -0.2) is 0 Å². The maximum Gasteiger partial charge on any atom is 0.314 e. The average Bonchev–Trinajstić information content (AvgIpc) is 2.70. The quantitative estimate of drug-likeness (QED) is 0.878. The van der Waals surface area contributed by atoms with Gasteiger partial charge in [-0.05, 0) is 38.3 Å². The summed E-state index contributed by atoms with van der Waals surface area (Å²) in [6, 6.07) is 9.90. The molecule has 2 fully saturated rings.